The molecule has 5 nitrogen and oxygen atoms in total. The summed E-state index contributed by atoms with van der Waals surface area (Å²) in [5.41, 5.74) is 2.20. The molecule has 0 bridgehead atoms. The quantitative estimate of drug-likeness (QED) is 0.665. The molecule has 2 heterocycles. The summed E-state index contributed by atoms with van der Waals surface area (Å²) < 4.78 is 7.02. The van der Waals surface area contributed by atoms with Gasteiger partial charge in [-0.2, -0.15) is 0 Å². The number of carbonyl (C=O) groups is 1. The molecule has 0 unspecified atom stereocenters. The van der Waals surface area contributed by atoms with Crippen LogP contribution >= 0.6 is 11.3 Å². The van der Waals surface area contributed by atoms with Crippen molar-refractivity contribution in [2.75, 3.05) is 13.1 Å². The second-order valence-corrected chi connectivity index (χ2v) is 8.00. The van der Waals surface area contributed by atoms with Gasteiger partial charge in [-0.25, -0.2) is 4.98 Å². The molecule has 4 rings (SSSR count). The first kappa shape index (κ1) is 17.9. The topological polar surface area (TPSA) is 62.7 Å². The van der Waals surface area contributed by atoms with Crippen LogP contribution in [0.1, 0.15) is 24.8 Å². The van der Waals surface area contributed by atoms with Crippen molar-refractivity contribution in [2.45, 2.75) is 25.8 Å². The van der Waals surface area contributed by atoms with E-state index >= 15 is 0 Å². The SMILES string of the molecule is O=C(O)CC1CCN(Cc2ccc(Oc3nc4ccccc4s3)cc2)CC1. The van der Waals surface area contributed by atoms with Crippen LogP contribution < -0.4 is 4.74 Å². The lowest BCUT2D eigenvalue weighted by Gasteiger charge is -2.31. The normalized spacial score (nSPS) is 15.9. The Hall–Kier alpha value is -2.44. The van der Waals surface area contributed by atoms with Crippen LogP contribution in [-0.2, 0) is 11.3 Å². The summed E-state index contributed by atoms with van der Waals surface area (Å²) >= 11 is 1.55. The Bertz CT molecular complexity index is 882. The molecule has 1 aromatic heterocycles. The van der Waals surface area contributed by atoms with Gasteiger partial charge in [-0.3, -0.25) is 9.69 Å². The van der Waals surface area contributed by atoms with E-state index in [1.165, 1.54) is 5.56 Å². The molecule has 1 saturated heterocycles. The first-order valence-corrected chi connectivity index (χ1v) is 10.0. The van der Waals surface area contributed by atoms with Crippen molar-refractivity contribution in [1.29, 1.82) is 0 Å². The van der Waals surface area contributed by atoms with Gasteiger partial charge < -0.3 is 9.84 Å². The standard InChI is InChI=1S/C21H22N2O3S/c24-20(25)13-15-9-11-23(12-10-15)14-16-5-7-17(8-6-16)26-21-22-18-3-1-2-4-19(18)27-21/h1-8,15H,9-14H2,(H,24,25). The molecule has 6 heteroatoms. The van der Waals surface area contributed by atoms with E-state index in [-0.39, 0.29) is 0 Å². The second kappa shape index (κ2) is 8.06. The first-order chi connectivity index (χ1) is 13.2. The molecule has 3 aromatic rings. The predicted molar refractivity (Wildman–Crippen MR) is 106 cm³/mol. The summed E-state index contributed by atoms with van der Waals surface area (Å²) in [7, 11) is 0. The summed E-state index contributed by atoms with van der Waals surface area (Å²) in [5.74, 6) is 0.429. The highest BCUT2D eigenvalue weighted by atomic mass is 32.1. The highest BCUT2D eigenvalue weighted by molar-refractivity contribution is 7.20. The van der Waals surface area contributed by atoms with Crippen LogP contribution in [-0.4, -0.2) is 34.0 Å². The Kier molecular flexibility index (Phi) is 5.36. The number of benzene rings is 2. The van der Waals surface area contributed by atoms with E-state index in [1.54, 1.807) is 11.3 Å². The number of aliphatic carboxylic acids is 1. The number of carboxylic acid groups (broad SMARTS) is 1. The number of carboxylic acids is 1. The molecule has 0 atom stereocenters. The molecule has 2 aromatic carbocycles. The van der Waals surface area contributed by atoms with E-state index in [0.717, 1.165) is 48.4 Å². The molecule has 140 valence electrons. The van der Waals surface area contributed by atoms with E-state index in [2.05, 4.69) is 22.0 Å². The van der Waals surface area contributed by atoms with Crippen LogP contribution in [0.15, 0.2) is 48.5 Å². The maximum Gasteiger partial charge on any atom is 0.303 e. The van der Waals surface area contributed by atoms with E-state index in [0.29, 0.717) is 17.5 Å². The Balaban J connectivity index is 1.32. The minimum atomic E-state index is -0.683. The number of hydrogen-bond acceptors (Lipinski definition) is 5. The third kappa shape index (κ3) is 4.64. The molecule has 27 heavy (non-hydrogen) atoms. The molecular formula is C21H22N2O3S. The number of para-hydroxylation sites is 1. The maximum absolute atomic E-state index is 10.8. The van der Waals surface area contributed by atoms with Crippen molar-refractivity contribution in [2.24, 2.45) is 5.92 Å². The van der Waals surface area contributed by atoms with Gasteiger partial charge in [0.05, 0.1) is 10.2 Å². The Morgan fingerprint density at radius 3 is 2.59 bits per heavy atom. The van der Waals surface area contributed by atoms with Crippen LogP contribution in [0.4, 0.5) is 0 Å². The van der Waals surface area contributed by atoms with Crippen LogP contribution in [0.25, 0.3) is 10.2 Å². The molecule has 0 amide bonds. The number of rotatable bonds is 6. The van der Waals surface area contributed by atoms with Crippen molar-refractivity contribution in [3.8, 4) is 10.9 Å². The fourth-order valence-corrected chi connectivity index (χ4v) is 4.35. The molecule has 0 radical (unpaired) electrons. The lowest BCUT2D eigenvalue weighted by atomic mass is 9.93. The summed E-state index contributed by atoms with van der Waals surface area (Å²) in [4.78, 5) is 17.7. The van der Waals surface area contributed by atoms with Gasteiger partial charge in [0.15, 0.2) is 0 Å². The number of nitrogens with zero attached hydrogens (tertiary/aromatic N) is 2. The monoisotopic (exact) mass is 382 g/mol. The Morgan fingerprint density at radius 1 is 1.15 bits per heavy atom. The summed E-state index contributed by atoms with van der Waals surface area (Å²) in [6.07, 6.45) is 2.22. The smallest absolute Gasteiger partial charge is 0.303 e. The fourth-order valence-electron chi connectivity index (χ4n) is 3.51. The molecular weight excluding hydrogens is 360 g/mol. The predicted octanol–water partition coefficient (Wildman–Crippen LogP) is 4.78. The maximum atomic E-state index is 10.8. The number of thiazole rings is 1. The zero-order chi connectivity index (χ0) is 18.6. The Morgan fingerprint density at radius 2 is 1.89 bits per heavy atom. The van der Waals surface area contributed by atoms with Gasteiger partial charge in [-0.1, -0.05) is 35.6 Å². The molecule has 1 aliphatic heterocycles. The summed E-state index contributed by atoms with van der Waals surface area (Å²) in [6.45, 7) is 2.81. The zero-order valence-electron chi connectivity index (χ0n) is 15.0. The minimum Gasteiger partial charge on any atom is -0.481 e. The van der Waals surface area contributed by atoms with Crippen molar-refractivity contribution in [3.05, 3.63) is 54.1 Å². The highest BCUT2D eigenvalue weighted by Gasteiger charge is 2.21. The van der Waals surface area contributed by atoms with Gasteiger partial charge >= 0.3 is 5.97 Å². The molecule has 0 spiro atoms. The Labute approximate surface area is 162 Å². The molecule has 1 N–H and O–H groups in total. The lowest BCUT2D eigenvalue weighted by Crippen LogP contribution is -2.33. The van der Waals surface area contributed by atoms with Crippen molar-refractivity contribution >= 4 is 27.5 Å². The number of fused-ring (bicyclic) bond motifs is 1. The second-order valence-electron chi connectivity index (χ2n) is 7.01. The number of hydrogen-bond donors (Lipinski definition) is 1. The van der Waals surface area contributed by atoms with Crippen LogP contribution in [0.2, 0.25) is 0 Å². The third-order valence-corrected chi connectivity index (χ3v) is 5.89. The molecule has 1 fully saturated rings. The van der Waals surface area contributed by atoms with Gasteiger partial charge in [-0.15, -0.1) is 0 Å². The van der Waals surface area contributed by atoms with Crippen molar-refractivity contribution < 1.29 is 14.6 Å². The van der Waals surface area contributed by atoms with E-state index in [4.69, 9.17) is 9.84 Å². The van der Waals surface area contributed by atoms with Gasteiger partial charge in [0.2, 0.25) is 0 Å². The average molecular weight is 382 g/mol. The minimum absolute atomic E-state index is 0.297. The van der Waals surface area contributed by atoms with Crippen molar-refractivity contribution in [1.82, 2.24) is 9.88 Å². The first-order valence-electron chi connectivity index (χ1n) is 9.22. The van der Waals surface area contributed by atoms with Crippen molar-refractivity contribution in [3.63, 3.8) is 0 Å². The van der Waals surface area contributed by atoms with E-state index in [1.807, 2.05) is 36.4 Å². The fraction of sp³-hybridized carbons (Fsp3) is 0.333. The van der Waals surface area contributed by atoms with Crippen LogP contribution in [0, 0.1) is 5.92 Å². The van der Waals surface area contributed by atoms with E-state index in [9.17, 15) is 4.79 Å². The van der Waals surface area contributed by atoms with Crippen LogP contribution in [0.3, 0.4) is 0 Å². The summed E-state index contributed by atoms with van der Waals surface area (Å²) in [5, 5.41) is 9.57. The van der Waals surface area contributed by atoms with Gasteiger partial charge in [0.1, 0.15) is 5.75 Å². The molecule has 0 saturated carbocycles. The van der Waals surface area contributed by atoms with Gasteiger partial charge in [0.25, 0.3) is 5.19 Å². The van der Waals surface area contributed by atoms with E-state index < -0.39 is 5.97 Å². The van der Waals surface area contributed by atoms with Crippen LogP contribution in [0.5, 0.6) is 10.9 Å². The van der Waals surface area contributed by atoms with Gasteiger partial charge in [-0.05, 0) is 61.7 Å². The average Bonchev–Trinajstić information content (AvgIpc) is 3.07. The molecule has 0 aliphatic carbocycles. The number of ether oxygens (including phenoxy) is 1. The summed E-state index contributed by atoms with van der Waals surface area (Å²) in [6, 6.07) is 16.2. The lowest BCUT2D eigenvalue weighted by molar-refractivity contribution is -0.138. The van der Waals surface area contributed by atoms with Gasteiger partial charge in [0, 0.05) is 13.0 Å². The molecule has 1 aliphatic rings. The number of piperidine rings is 1. The third-order valence-electron chi connectivity index (χ3n) is 4.98. The highest BCUT2D eigenvalue weighted by Crippen LogP contribution is 2.31. The number of aromatic nitrogens is 1. The zero-order valence-corrected chi connectivity index (χ0v) is 15.8. The largest absolute Gasteiger partial charge is 0.481 e. The number of likely N-dealkylation sites (tertiary alicyclic amines) is 1.